The van der Waals surface area contributed by atoms with Crippen LogP contribution >= 0.6 is 0 Å². The number of amides is 1. The molecule has 0 spiro atoms. The number of nitrogens with one attached hydrogen (secondary N) is 1. The summed E-state index contributed by atoms with van der Waals surface area (Å²) in [6, 6.07) is 13.6. The maximum Gasteiger partial charge on any atom is 0.272 e. The smallest absolute Gasteiger partial charge is 0.272 e. The molecule has 0 unspecified atom stereocenters. The number of aromatic nitrogens is 1. The van der Waals surface area contributed by atoms with Gasteiger partial charge in [0.1, 0.15) is 17.3 Å². The van der Waals surface area contributed by atoms with Crippen LogP contribution in [0.25, 0.3) is 0 Å². The highest BCUT2D eigenvalue weighted by atomic mass is 19.1. The van der Waals surface area contributed by atoms with Gasteiger partial charge in [-0.3, -0.25) is 4.79 Å². The van der Waals surface area contributed by atoms with Crippen molar-refractivity contribution in [3.05, 3.63) is 82.4 Å². The van der Waals surface area contributed by atoms with Crippen molar-refractivity contribution >= 4 is 11.6 Å². The van der Waals surface area contributed by atoms with Crippen molar-refractivity contribution in [2.24, 2.45) is 0 Å². The molecule has 1 N–H and O–H groups in total. The molecular formula is C22H23FN2O2. The third-order valence-electron chi connectivity index (χ3n) is 4.93. The molecular weight excluding hydrogens is 343 g/mol. The van der Waals surface area contributed by atoms with Crippen molar-refractivity contribution in [2.45, 2.75) is 27.3 Å². The first-order chi connectivity index (χ1) is 12.9. The Hall–Kier alpha value is -3.08. The van der Waals surface area contributed by atoms with E-state index in [1.807, 2.05) is 31.4 Å². The molecule has 3 aromatic rings. The lowest BCUT2D eigenvalue weighted by molar-refractivity contribution is 0.101. The fourth-order valence-electron chi connectivity index (χ4n) is 3.19. The van der Waals surface area contributed by atoms with Gasteiger partial charge in [0.05, 0.1) is 7.11 Å². The van der Waals surface area contributed by atoms with Gasteiger partial charge in [0.2, 0.25) is 0 Å². The van der Waals surface area contributed by atoms with Crippen molar-refractivity contribution < 1.29 is 13.9 Å². The second kappa shape index (κ2) is 7.66. The van der Waals surface area contributed by atoms with Crippen LogP contribution in [0.5, 0.6) is 5.75 Å². The molecule has 1 aromatic heterocycles. The van der Waals surface area contributed by atoms with Crippen LogP contribution in [0, 0.1) is 26.6 Å². The number of anilines is 1. The first-order valence-corrected chi connectivity index (χ1v) is 8.77. The molecule has 3 rings (SSSR count). The van der Waals surface area contributed by atoms with Crippen LogP contribution in [0.3, 0.4) is 0 Å². The highest BCUT2D eigenvalue weighted by molar-refractivity contribution is 6.04. The maximum atomic E-state index is 13.6. The summed E-state index contributed by atoms with van der Waals surface area (Å²) >= 11 is 0. The summed E-state index contributed by atoms with van der Waals surface area (Å²) in [4.78, 5) is 13.0. The normalized spacial score (nSPS) is 10.7. The summed E-state index contributed by atoms with van der Waals surface area (Å²) in [5.41, 5.74) is 5.07. The zero-order chi connectivity index (χ0) is 19.6. The van der Waals surface area contributed by atoms with Crippen LogP contribution in [-0.4, -0.2) is 17.6 Å². The monoisotopic (exact) mass is 366 g/mol. The maximum absolute atomic E-state index is 13.6. The third-order valence-corrected chi connectivity index (χ3v) is 4.93. The van der Waals surface area contributed by atoms with Crippen LogP contribution in [-0.2, 0) is 6.54 Å². The summed E-state index contributed by atoms with van der Waals surface area (Å²) in [5, 5.41) is 2.94. The molecule has 140 valence electrons. The molecule has 0 saturated heterocycles. The van der Waals surface area contributed by atoms with E-state index in [4.69, 9.17) is 4.74 Å². The van der Waals surface area contributed by atoms with Gasteiger partial charge in [-0.1, -0.05) is 12.1 Å². The van der Waals surface area contributed by atoms with Crippen LogP contribution in [0.15, 0.2) is 48.5 Å². The van der Waals surface area contributed by atoms with Gasteiger partial charge in [0, 0.05) is 17.9 Å². The number of ether oxygens (including phenoxy) is 1. The average Bonchev–Trinajstić information content (AvgIpc) is 2.86. The van der Waals surface area contributed by atoms with Gasteiger partial charge in [-0.05, 0) is 73.9 Å². The first-order valence-electron chi connectivity index (χ1n) is 8.77. The van der Waals surface area contributed by atoms with E-state index in [1.165, 1.54) is 12.1 Å². The van der Waals surface area contributed by atoms with E-state index in [9.17, 15) is 9.18 Å². The molecule has 0 aliphatic heterocycles. The van der Waals surface area contributed by atoms with Crippen LogP contribution < -0.4 is 10.1 Å². The summed E-state index contributed by atoms with van der Waals surface area (Å²) < 4.78 is 20.7. The number of hydrogen-bond donors (Lipinski definition) is 1. The molecule has 1 amide bonds. The molecule has 1 heterocycles. The lowest BCUT2D eigenvalue weighted by Crippen LogP contribution is -2.19. The molecule has 27 heavy (non-hydrogen) atoms. The van der Waals surface area contributed by atoms with Gasteiger partial charge < -0.3 is 14.6 Å². The second-order valence-corrected chi connectivity index (χ2v) is 6.58. The van der Waals surface area contributed by atoms with E-state index < -0.39 is 0 Å². The zero-order valence-corrected chi connectivity index (χ0v) is 16.0. The van der Waals surface area contributed by atoms with Crippen molar-refractivity contribution in [3.63, 3.8) is 0 Å². The quantitative estimate of drug-likeness (QED) is 0.701. The van der Waals surface area contributed by atoms with Gasteiger partial charge in [0.25, 0.3) is 5.91 Å². The highest BCUT2D eigenvalue weighted by Crippen LogP contribution is 2.24. The molecule has 0 aliphatic carbocycles. The lowest BCUT2D eigenvalue weighted by atomic mass is 10.1. The minimum atomic E-state index is -0.282. The molecule has 0 aliphatic rings. The minimum Gasteiger partial charge on any atom is -0.497 e. The van der Waals surface area contributed by atoms with E-state index in [2.05, 4.69) is 5.32 Å². The van der Waals surface area contributed by atoms with E-state index in [-0.39, 0.29) is 11.7 Å². The minimum absolute atomic E-state index is 0.190. The zero-order valence-electron chi connectivity index (χ0n) is 16.0. The second-order valence-electron chi connectivity index (χ2n) is 6.58. The van der Waals surface area contributed by atoms with E-state index in [0.717, 1.165) is 28.1 Å². The SMILES string of the molecule is COc1ccc(NC(=O)c2c(C)c(C)c(C)n2Cc2cccc(F)c2)cc1. The van der Waals surface area contributed by atoms with Crippen molar-refractivity contribution in [2.75, 3.05) is 12.4 Å². The molecule has 0 atom stereocenters. The molecule has 0 saturated carbocycles. The Morgan fingerprint density at radius 1 is 1.07 bits per heavy atom. The number of carbonyl (C=O) groups excluding carboxylic acids is 1. The molecule has 5 heteroatoms. The van der Waals surface area contributed by atoms with E-state index in [1.54, 1.807) is 37.4 Å². The number of methoxy groups -OCH3 is 1. The Labute approximate surface area is 158 Å². The number of nitrogens with zero attached hydrogens (tertiary/aromatic N) is 1. The summed E-state index contributed by atoms with van der Waals surface area (Å²) in [7, 11) is 1.60. The Balaban J connectivity index is 1.93. The lowest BCUT2D eigenvalue weighted by Gasteiger charge is -2.13. The largest absolute Gasteiger partial charge is 0.497 e. The van der Waals surface area contributed by atoms with Gasteiger partial charge in [-0.15, -0.1) is 0 Å². The number of rotatable bonds is 5. The first kappa shape index (κ1) is 18.7. The van der Waals surface area contributed by atoms with Crippen molar-refractivity contribution in [1.29, 1.82) is 0 Å². The van der Waals surface area contributed by atoms with Crippen molar-refractivity contribution in [1.82, 2.24) is 4.57 Å². The predicted molar refractivity (Wildman–Crippen MR) is 105 cm³/mol. The Kier molecular flexibility index (Phi) is 5.31. The van der Waals surface area contributed by atoms with Crippen LogP contribution in [0.1, 0.15) is 32.9 Å². The van der Waals surface area contributed by atoms with Gasteiger partial charge in [0.15, 0.2) is 0 Å². The van der Waals surface area contributed by atoms with Crippen molar-refractivity contribution in [3.8, 4) is 5.75 Å². The predicted octanol–water partition coefficient (Wildman–Crippen LogP) is 4.86. The van der Waals surface area contributed by atoms with E-state index in [0.29, 0.717) is 17.9 Å². The number of halogens is 1. The fourth-order valence-corrected chi connectivity index (χ4v) is 3.19. The molecule has 0 radical (unpaired) electrons. The summed E-state index contributed by atoms with van der Waals surface area (Å²) in [6.45, 7) is 6.35. The highest BCUT2D eigenvalue weighted by Gasteiger charge is 2.21. The topological polar surface area (TPSA) is 43.3 Å². The summed E-state index contributed by atoms with van der Waals surface area (Å²) in [6.07, 6.45) is 0. The Bertz CT molecular complexity index is 975. The van der Waals surface area contributed by atoms with Gasteiger partial charge >= 0.3 is 0 Å². The molecule has 0 bridgehead atoms. The molecule has 4 nitrogen and oxygen atoms in total. The Morgan fingerprint density at radius 3 is 2.41 bits per heavy atom. The summed E-state index contributed by atoms with van der Waals surface area (Å²) in [5.74, 6) is 0.255. The molecule has 0 fully saturated rings. The van der Waals surface area contributed by atoms with Gasteiger partial charge in [-0.25, -0.2) is 4.39 Å². The number of benzene rings is 2. The standard InChI is InChI=1S/C22H23FN2O2/c1-14-15(2)21(22(26)24-19-8-10-20(27-4)11-9-19)25(16(14)3)13-17-6-5-7-18(23)12-17/h5-12H,13H2,1-4H3,(H,24,26). The average molecular weight is 366 g/mol. The van der Waals surface area contributed by atoms with Gasteiger partial charge in [-0.2, -0.15) is 0 Å². The third kappa shape index (κ3) is 3.87. The number of hydrogen-bond acceptors (Lipinski definition) is 2. The molecule has 2 aromatic carbocycles. The fraction of sp³-hybridized carbons (Fsp3) is 0.227. The van der Waals surface area contributed by atoms with Crippen LogP contribution in [0.2, 0.25) is 0 Å². The van der Waals surface area contributed by atoms with Crippen LogP contribution in [0.4, 0.5) is 10.1 Å². The number of carbonyl (C=O) groups is 1. The Morgan fingerprint density at radius 2 is 1.78 bits per heavy atom. The van der Waals surface area contributed by atoms with E-state index >= 15 is 0 Å².